The second-order valence-electron chi connectivity index (χ2n) is 6.35. The molecule has 0 bridgehead atoms. The fourth-order valence-electron chi connectivity index (χ4n) is 3.05. The minimum absolute atomic E-state index is 0. The number of ketones is 1. The van der Waals surface area contributed by atoms with Gasteiger partial charge in [-0.05, 0) is 25.0 Å². The van der Waals surface area contributed by atoms with Gasteiger partial charge in [-0.15, -0.1) is 12.4 Å². The zero-order chi connectivity index (χ0) is 16.4. The zero-order valence-electron chi connectivity index (χ0n) is 13.5. The van der Waals surface area contributed by atoms with Crippen molar-refractivity contribution in [2.45, 2.75) is 44.6 Å². The number of hydrogen-bond acceptors (Lipinski definition) is 5. The highest BCUT2D eigenvalue weighted by atomic mass is 35.5. The summed E-state index contributed by atoms with van der Waals surface area (Å²) in [5, 5.41) is 3.99. The summed E-state index contributed by atoms with van der Waals surface area (Å²) in [6.45, 7) is 1.77. The summed E-state index contributed by atoms with van der Waals surface area (Å²) in [7, 11) is 0. The molecule has 1 saturated carbocycles. The van der Waals surface area contributed by atoms with Gasteiger partial charge in [0.15, 0.2) is 11.6 Å². The van der Waals surface area contributed by atoms with Crippen molar-refractivity contribution in [1.82, 2.24) is 10.1 Å². The van der Waals surface area contributed by atoms with Gasteiger partial charge in [-0.1, -0.05) is 37.1 Å². The van der Waals surface area contributed by atoms with E-state index >= 15 is 0 Å². The van der Waals surface area contributed by atoms with Crippen molar-refractivity contribution in [3.05, 3.63) is 47.4 Å². The van der Waals surface area contributed by atoms with Crippen LogP contribution in [0, 0.1) is 11.7 Å². The summed E-state index contributed by atoms with van der Waals surface area (Å²) in [6.07, 6.45) is 4.15. The van der Waals surface area contributed by atoms with Gasteiger partial charge in [0.2, 0.25) is 5.89 Å². The Morgan fingerprint density at radius 2 is 2.12 bits per heavy atom. The van der Waals surface area contributed by atoms with Gasteiger partial charge in [-0.3, -0.25) is 4.79 Å². The molecule has 0 spiro atoms. The number of hydrogen-bond donors (Lipinski definition) is 1. The predicted molar refractivity (Wildman–Crippen MR) is 89.5 cm³/mol. The van der Waals surface area contributed by atoms with E-state index in [0.717, 1.165) is 25.7 Å². The van der Waals surface area contributed by atoms with E-state index in [1.54, 1.807) is 13.0 Å². The van der Waals surface area contributed by atoms with Crippen molar-refractivity contribution < 1.29 is 13.7 Å². The van der Waals surface area contributed by atoms with E-state index in [4.69, 9.17) is 10.3 Å². The number of carbonyl (C=O) groups excluding carboxylic acids is 1. The Hall–Kier alpha value is -1.79. The van der Waals surface area contributed by atoms with E-state index in [1.165, 1.54) is 18.2 Å². The van der Waals surface area contributed by atoms with Crippen LogP contribution < -0.4 is 5.73 Å². The van der Waals surface area contributed by atoms with Crippen molar-refractivity contribution >= 4 is 18.2 Å². The normalized spacial score (nSPS) is 17.3. The van der Waals surface area contributed by atoms with Crippen LogP contribution in [0.2, 0.25) is 0 Å². The molecule has 1 atom stereocenters. The quantitative estimate of drug-likeness (QED) is 0.833. The first kappa shape index (κ1) is 18.5. The molecule has 0 saturated heterocycles. The van der Waals surface area contributed by atoms with Crippen molar-refractivity contribution in [1.29, 1.82) is 0 Å². The molecular weight excluding hydrogens is 333 g/mol. The minimum Gasteiger partial charge on any atom is -0.339 e. The minimum atomic E-state index is -0.502. The summed E-state index contributed by atoms with van der Waals surface area (Å²) in [5.74, 6) is -0.0196. The van der Waals surface area contributed by atoms with Crippen LogP contribution in [-0.4, -0.2) is 15.9 Å². The van der Waals surface area contributed by atoms with E-state index < -0.39 is 11.4 Å². The number of aromatic nitrogens is 2. The van der Waals surface area contributed by atoms with E-state index in [9.17, 15) is 9.18 Å². The molecule has 2 aromatic rings. The summed E-state index contributed by atoms with van der Waals surface area (Å²) in [6, 6.07) is 5.69. The SMILES string of the molecule is CC(Cc1nc(C2(N)CCCC2)no1)C(=O)c1cccc(F)c1.Cl. The maximum Gasteiger partial charge on any atom is 0.227 e. The molecule has 0 amide bonds. The molecule has 5 nitrogen and oxygen atoms in total. The number of benzene rings is 1. The van der Waals surface area contributed by atoms with Crippen LogP contribution in [0.3, 0.4) is 0 Å². The average Bonchev–Trinajstić information content (AvgIpc) is 3.16. The number of carbonyl (C=O) groups is 1. The molecule has 1 aliphatic rings. The summed E-state index contributed by atoms with van der Waals surface area (Å²) >= 11 is 0. The lowest BCUT2D eigenvalue weighted by atomic mass is 9.96. The lowest BCUT2D eigenvalue weighted by molar-refractivity contribution is 0.0923. The standard InChI is InChI=1S/C17H20FN3O2.ClH/c1-11(15(22)12-5-4-6-13(18)10-12)9-14-20-16(21-23-14)17(19)7-2-3-8-17;/h4-6,10-11H,2-3,7-9,19H2,1H3;1H. The van der Waals surface area contributed by atoms with Crippen LogP contribution in [0.4, 0.5) is 4.39 Å². The smallest absolute Gasteiger partial charge is 0.227 e. The lowest BCUT2D eigenvalue weighted by Gasteiger charge is -2.17. The highest BCUT2D eigenvalue weighted by molar-refractivity contribution is 5.97. The second kappa shape index (κ2) is 7.40. The van der Waals surface area contributed by atoms with E-state index in [1.807, 2.05) is 0 Å². The topological polar surface area (TPSA) is 82.0 Å². The molecule has 24 heavy (non-hydrogen) atoms. The number of Topliss-reactive ketones (excluding diaryl/α,β-unsaturated/α-hetero) is 1. The molecule has 1 unspecified atom stereocenters. The third-order valence-corrected chi connectivity index (χ3v) is 4.45. The molecule has 7 heteroatoms. The second-order valence-corrected chi connectivity index (χ2v) is 6.35. The Kier molecular flexibility index (Phi) is 5.72. The Morgan fingerprint density at radius 3 is 2.79 bits per heavy atom. The number of halogens is 2. The molecule has 0 radical (unpaired) electrons. The van der Waals surface area contributed by atoms with Crippen LogP contribution in [0.25, 0.3) is 0 Å². The number of nitrogens with two attached hydrogens (primary N) is 1. The molecule has 1 aromatic carbocycles. The van der Waals surface area contributed by atoms with Crippen molar-refractivity contribution in [3.8, 4) is 0 Å². The lowest BCUT2D eigenvalue weighted by Crippen LogP contribution is -2.34. The van der Waals surface area contributed by atoms with E-state index in [0.29, 0.717) is 23.7 Å². The zero-order valence-corrected chi connectivity index (χ0v) is 14.3. The third kappa shape index (κ3) is 3.82. The van der Waals surface area contributed by atoms with Crippen molar-refractivity contribution in [2.24, 2.45) is 11.7 Å². The number of rotatable bonds is 5. The molecule has 0 aliphatic heterocycles. The fraction of sp³-hybridized carbons (Fsp3) is 0.471. The van der Waals surface area contributed by atoms with Gasteiger partial charge in [0, 0.05) is 17.9 Å². The van der Waals surface area contributed by atoms with E-state index in [-0.39, 0.29) is 24.1 Å². The highest BCUT2D eigenvalue weighted by Crippen LogP contribution is 2.34. The first-order valence-corrected chi connectivity index (χ1v) is 7.90. The summed E-state index contributed by atoms with van der Waals surface area (Å²) in [5.41, 5.74) is 6.15. The molecule has 3 rings (SSSR count). The van der Waals surface area contributed by atoms with Gasteiger partial charge in [-0.25, -0.2) is 4.39 Å². The highest BCUT2D eigenvalue weighted by Gasteiger charge is 2.36. The molecule has 1 fully saturated rings. The average molecular weight is 354 g/mol. The molecule has 2 N–H and O–H groups in total. The molecule has 130 valence electrons. The molecule has 1 heterocycles. The fourth-order valence-corrected chi connectivity index (χ4v) is 3.05. The van der Waals surface area contributed by atoms with Crippen molar-refractivity contribution in [2.75, 3.05) is 0 Å². The van der Waals surface area contributed by atoms with Gasteiger partial charge >= 0.3 is 0 Å². The van der Waals surface area contributed by atoms with Crippen LogP contribution in [0.15, 0.2) is 28.8 Å². The number of nitrogens with zero attached hydrogens (tertiary/aromatic N) is 2. The van der Waals surface area contributed by atoms with Crippen LogP contribution in [0.5, 0.6) is 0 Å². The van der Waals surface area contributed by atoms with Gasteiger partial charge in [0.25, 0.3) is 0 Å². The first-order valence-electron chi connectivity index (χ1n) is 7.90. The van der Waals surface area contributed by atoms with Crippen LogP contribution in [-0.2, 0) is 12.0 Å². The van der Waals surface area contributed by atoms with Gasteiger partial charge in [-0.2, -0.15) is 4.98 Å². The Balaban J connectivity index is 0.00000208. The molecule has 1 aliphatic carbocycles. The molecular formula is C17H21ClFN3O2. The van der Waals surface area contributed by atoms with Gasteiger partial charge in [0.1, 0.15) is 5.82 Å². The largest absolute Gasteiger partial charge is 0.339 e. The Morgan fingerprint density at radius 1 is 1.42 bits per heavy atom. The Labute approximate surface area is 146 Å². The molecule has 1 aromatic heterocycles. The predicted octanol–water partition coefficient (Wildman–Crippen LogP) is 3.42. The van der Waals surface area contributed by atoms with Crippen molar-refractivity contribution in [3.63, 3.8) is 0 Å². The first-order chi connectivity index (χ1) is 11.0. The Bertz CT molecular complexity index is 713. The van der Waals surface area contributed by atoms with Crippen LogP contribution >= 0.6 is 12.4 Å². The van der Waals surface area contributed by atoms with E-state index in [2.05, 4.69) is 10.1 Å². The maximum absolute atomic E-state index is 13.2. The third-order valence-electron chi connectivity index (χ3n) is 4.45. The maximum atomic E-state index is 13.2. The summed E-state index contributed by atoms with van der Waals surface area (Å²) < 4.78 is 18.5. The van der Waals surface area contributed by atoms with Gasteiger partial charge in [0.05, 0.1) is 5.54 Å². The summed E-state index contributed by atoms with van der Waals surface area (Å²) in [4.78, 5) is 16.7. The van der Waals surface area contributed by atoms with Crippen LogP contribution in [0.1, 0.15) is 54.7 Å². The monoisotopic (exact) mass is 353 g/mol. The van der Waals surface area contributed by atoms with Gasteiger partial charge < -0.3 is 10.3 Å².